The predicted molar refractivity (Wildman–Crippen MR) is 79.4 cm³/mol. The smallest absolute Gasteiger partial charge is 0.187 e. The molecule has 2 rings (SSSR count). The Morgan fingerprint density at radius 2 is 2.05 bits per heavy atom. The standard InChI is InChI=1S/C15H25FN4/c1-4-13-14(16)15(19-10-18-13)20-8-6-12(7-9-20)11(3)17-5-2/h10-12,17H,4-9H2,1-3H3. The third kappa shape index (κ3) is 3.26. The maximum atomic E-state index is 14.3. The number of nitrogens with zero attached hydrogens (tertiary/aromatic N) is 3. The van der Waals surface area contributed by atoms with Crippen molar-refractivity contribution < 1.29 is 4.39 Å². The molecule has 0 radical (unpaired) electrons. The second-order valence-electron chi connectivity index (χ2n) is 5.48. The van der Waals surface area contributed by atoms with Gasteiger partial charge in [0.15, 0.2) is 11.6 Å². The molecule has 0 aromatic carbocycles. The number of halogens is 1. The first-order valence-electron chi connectivity index (χ1n) is 7.65. The van der Waals surface area contributed by atoms with Gasteiger partial charge in [-0.3, -0.25) is 0 Å². The topological polar surface area (TPSA) is 41.0 Å². The molecule has 1 unspecified atom stereocenters. The minimum Gasteiger partial charge on any atom is -0.354 e. The highest BCUT2D eigenvalue weighted by atomic mass is 19.1. The van der Waals surface area contributed by atoms with Gasteiger partial charge in [-0.1, -0.05) is 13.8 Å². The Kier molecular flexibility index (Phi) is 5.29. The normalized spacial score (nSPS) is 18.3. The predicted octanol–water partition coefficient (Wildman–Crippen LogP) is 2.39. The molecule has 0 aliphatic carbocycles. The molecule has 2 heterocycles. The van der Waals surface area contributed by atoms with Crippen LogP contribution in [0.25, 0.3) is 0 Å². The van der Waals surface area contributed by atoms with Crippen LogP contribution in [0.3, 0.4) is 0 Å². The highest BCUT2D eigenvalue weighted by Gasteiger charge is 2.26. The number of hydrogen-bond acceptors (Lipinski definition) is 4. The van der Waals surface area contributed by atoms with Gasteiger partial charge >= 0.3 is 0 Å². The van der Waals surface area contributed by atoms with Crippen molar-refractivity contribution in [2.75, 3.05) is 24.5 Å². The van der Waals surface area contributed by atoms with Crippen molar-refractivity contribution in [2.45, 2.75) is 46.1 Å². The molecule has 4 nitrogen and oxygen atoms in total. The number of aromatic nitrogens is 2. The summed E-state index contributed by atoms with van der Waals surface area (Å²) >= 11 is 0. The average molecular weight is 280 g/mol. The lowest BCUT2D eigenvalue weighted by Gasteiger charge is -2.35. The van der Waals surface area contributed by atoms with Crippen molar-refractivity contribution in [3.05, 3.63) is 17.8 Å². The van der Waals surface area contributed by atoms with Gasteiger partial charge in [0.25, 0.3) is 0 Å². The maximum Gasteiger partial charge on any atom is 0.187 e. The van der Waals surface area contributed by atoms with Crippen LogP contribution in [0.1, 0.15) is 39.3 Å². The van der Waals surface area contributed by atoms with E-state index < -0.39 is 0 Å². The van der Waals surface area contributed by atoms with Gasteiger partial charge in [0.05, 0.1) is 5.69 Å². The van der Waals surface area contributed by atoms with E-state index in [1.165, 1.54) is 6.33 Å². The van der Waals surface area contributed by atoms with E-state index in [0.29, 0.717) is 29.9 Å². The van der Waals surface area contributed by atoms with Gasteiger partial charge in [-0.05, 0) is 38.6 Å². The molecule has 1 N–H and O–H groups in total. The quantitative estimate of drug-likeness (QED) is 0.899. The molecule has 0 bridgehead atoms. The molecular weight excluding hydrogens is 255 g/mol. The number of nitrogens with one attached hydrogen (secondary N) is 1. The average Bonchev–Trinajstić information content (AvgIpc) is 2.48. The number of anilines is 1. The minimum absolute atomic E-state index is 0.242. The fourth-order valence-electron chi connectivity index (χ4n) is 2.96. The molecule has 5 heteroatoms. The molecule has 1 fully saturated rings. The van der Waals surface area contributed by atoms with Crippen LogP contribution in [0.2, 0.25) is 0 Å². The summed E-state index contributed by atoms with van der Waals surface area (Å²) < 4.78 is 14.3. The summed E-state index contributed by atoms with van der Waals surface area (Å²) in [5, 5.41) is 3.48. The lowest BCUT2D eigenvalue weighted by atomic mass is 9.90. The second kappa shape index (κ2) is 6.97. The van der Waals surface area contributed by atoms with Crippen LogP contribution in [0, 0.1) is 11.7 Å². The van der Waals surface area contributed by atoms with E-state index in [1.54, 1.807) is 0 Å². The zero-order valence-corrected chi connectivity index (χ0v) is 12.7. The summed E-state index contributed by atoms with van der Waals surface area (Å²) in [7, 11) is 0. The SMILES string of the molecule is CCNC(C)C1CCN(c2ncnc(CC)c2F)CC1. The van der Waals surface area contributed by atoms with E-state index in [2.05, 4.69) is 34.0 Å². The van der Waals surface area contributed by atoms with Crippen LogP contribution in [0.5, 0.6) is 0 Å². The number of rotatable bonds is 5. The molecule has 1 aromatic heterocycles. The molecule has 0 amide bonds. The van der Waals surface area contributed by atoms with Crippen molar-refractivity contribution >= 4 is 5.82 Å². The Morgan fingerprint density at radius 3 is 2.65 bits per heavy atom. The van der Waals surface area contributed by atoms with Crippen LogP contribution < -0.4 is 10.2 Å². The van der Waals surface area contributed by atoms with E-state index in [1.807, 2.05) is 6.92 Å². The monoisotopic (exact) mass is 280 g/mol. The molecule has 0 saturated carbocycles. The van der Waals surface area contributed by atoms with Gasteiger partial charge in [0.2, 0.25) is 0 Å². The molecule has 112 valence electrons. The van der Waals surface area contributed by atoms with Crippen molar-refractivity contribution in [1.29, 1.82) is 0 Å². The fraction of sp³-hybridized carbons (Fsp3) is 0.733. The van der Waals surface area contributed by atoms with E-state index in [0.717, 1.165) is 32.5 Å². The summed E-state index contributed by atoms with van der Waals surface area (Å²) in [4.78, 5) is 10.2. The third-order valence-corrected chi connectivity index (χ3v) is 4.25. The third-order valence-electron chi connectivity index (χ3n) is 4.25. The highest BCUT2D eigenvalue weighted by molar-refractivity contribution is 5.41. The summed E-state index contributed by atoms with van der Waals surface area (Å²) in [6.45, 7) is 9.04. The Labute approximate surface area is 120 Å². The van der Waals surface area contributed by atoms with Gasteiger partial charge in [-0.15, -0.1) is 0 Å². The summed E-state index contributed by atoms with van der Waals surface area (Å²) in [5.74, 6) is 0.904. The number of piperidine rings is 1. The first-order chi connectivity index (χ1) is 9.67. The zero-order chi connectivity index (χ0) is 14.5. The zero-order valence-electron chi connectivity index (χ0n) is 12.7. The maximum absolute atomic E-state index is 14.3. The van der Waals surface area contributed by atoms with Crippen LogP contribution >= 0.6 is 0 Å². The van der Waals surface area contributed by atoms with Gasteiger partial charge in [-0.2, -0.15) is 0 Å². The Hall–Kier alpha value is -1.23. The Balaban J connectivity index is 2.00. The second-order valence-corrected chi connectivity index (χ2v) is 5.48. The molecule has 0 spiro atoms. The van der Waals surface area contributed by atoms with Gasteiger partial charge in [0.1, 0.15) is 6.33 Å². The van der Waals surface area contributed by atoms with Crippen LogP contribution in [0.15, 0.2) is 6.33 Å². The van der Waals surface area contributed by atoms with Crippen molar-refractivity contribution in [1.82, 2.24) is 15.3 Å². The van der Waals surface area contributed by atoms with Crippen LogP contribution in [-0.4, -0.2) is 35.6 Å². The first kappa shape index (κ1) is 15.2. The van der Waals surface area contributed by atoms with E-state index in [4.69, 9.17) is 0 Å². The molecule has 1 aliphatic heterocycles. The molecule has 1 aliphatic rings. The Morgan fingerprint density at radius 1 is 1.35 bits per heavy atom. The first-order valence-corrected chi connectivity index (χ1v) is 7.65. The van der Waals surface area contributed by atoms with Crippen LogP contribution in [-0.2, 0) is 6.42 Å². The highest BCUT2D eigenvalue weighted by Crippen LogP contribution is 2.26. The van der Waals surface area contributed by atoms with Crippen molar-refractivity contribution in [3.8, 4) is 0 Å². The molecular formula is C15H25FN4. The molecule has 1 atom stereocenters. The van der Waals surface area contributed by atoms with E-state index in [-0.39, 0.29) is 5.82 Å². The number of aryl methyl sites for hydroxylation is 1. The fourth-order valence-corrected chi connectivity index (χ4v) is 2.96. The van der Waals surface area contributed by atoms with Gasteiger partial charge in [-0.25, -0.2) is 14.4 Å². The van der Waals surface area contributed by atoms with Crippen LogP contribution in [0.4, 0.5) is 10.2 Å². The van der Waals surface area contributed by atoms with Crippen molar-refractivity contribution in [3.63, 3.8) is 0 Å². The summed E-state index contributed by atoms with van der Waals surface area (Å²) in [6, 6.07) is 0.531. The molecule has 1 saturated heterocycles. The lowest BCUT2D eigenvalue weighted by molar-refractivity contribution is 0.313. The Bertz CT molecular complexity index is 430. The minimum atomic E-state index is -0.242. The van der Waals surface area contributed by atoms with E-state index >= 15 is 0 Å². The molecule has 20 heavy (non-hydrogen) atoms. The summed E-state index contributed by atoms with van der Waals surface area (Å²) in [6.07, 6.45) is 4.25. The number of hydrogen-bond donors (Lipinski definition) is 1. The molecule has 1 aromatic rings. The van der Waals surface area contributed by atoms with Gasteiger partial charge in [0, 0.05) is 19.1 Å². The van der Waals surface area contributed by atoms with E-state index in [9.17, 15) is 4.39 Å². The van der Waals surface area contributed by atoms with Gasteiger partial charge < -0.3 is 10.2 Å². The largest absolute Gasteiger partial charge is 0.354 e. The van der Waals surface area contributed by atoms with Crippen molar-refractivity contribution in [2.24, 2.45) is 5.92 Å². The lowest BCUT2D eigenvalue weighted by Crippen LogP contribution is -2.42. The summed E-state index contributed by atoms with van der Waals surface area (Å²) in [5.41, 5.74) is 0.512.